The predicted molar refractivity (Wildman–Crippen MR) is 129 cm³/mol. The minimum Gasteiger partial charge on any atom is -0.394 e. The van der Waals surface area contributed by atoms with Crippen LogP contribution in [0.3, 0.4) is 0 Å². The Bertz CT molecular complexity index is 336. The van der Waals surface area contributed by atoms with Crippen molar-refractivity contribution in [2.75, 3.05) is 24.7 Å². The lowest BCUT2D eigenvalue weighted by molar-refractivity contribution is 0.0255. The first-order chi connectivity index (χ1) is 14.2. The highest BCUT2D eigenvalue weighted by Gasteiger charge is 2.12. The van der Waals surface area contributed by atoms with Gasteiger partial charge in [0.2, 0.25) is 0 Å². The van der Waals surface area contributed by atoms with Crippen LogP contribution >= 0.6 is 0 Å². The first-order valence-electron chi connectivity index (χ1n) is 12.8. The molecule has 0 bridgehead atoms. The van der Waals surface area contributed by atoms with Crippen molar-refractivity contribution in [3.8, 4) is 0 Å². The molecule has 2 atom stereocenters. The van der Waals surface area contributed by atoms with Gasteiger partial charge in [-0.1, -0.05) is 117 Å². The summed E-state index contributed by atoms with van der Waals surface area (Å²) >= 11 is 0. The van der Waals surface area contributed by atoms with E-state index in [1.165, 1.54) is 103 Å². The topological polar surface area (TPSA) is 46.5 Å². The molecule has 0 amide bonds. The van der Waals surface area contributed by atoms with Gasteiger partial charge in [0.1, 0.15) is 0 Å². The minimum atomic E-state index is -0.861. The zero-order valence-electron chi connectivity index (χ0n) is 19.8. The molecule has 4 heteroatoms. The largest absolute Gasteiger partial charge is 0.394 e. The van der Waals surface area contributed by atoms with E-state index in [0.717, 1.165) is 18.6 Å². The fraction of sp³-hybridized carbons (Fsp3) is 1.00. The number of rotatable bonds is 24. The Morgan fingerprint density at radius 2 is 1.07 bits per heavy atom. The van der Waals surface area contributed by atoms with Crippen molar-refractivity contribution < 1.29 is 14.1 Å². The van der Waals surface area contributed by atoms with Crippen LogP contribution in [0, 0.1) is 0 Å². The molecule has 0 aromatic heterocycles. The van der Waals surface area contributed by atoms with Gasteiger partial charge in [0.25, 0.3) is 0 Å². The van der Waals surface area contributed by atoms with Gasteiger partial charge >= 0.3 is 0 Å². The number of aliphatic hydroxyl groups excluding tert-OH is 1. The third-order valence-electron chi connectivity index (χ3n) is 5.65. The van der Waals surface area contributed by atoms with Gasteiger partial charge in [0.05, 0.1) is 18.5 Å². The Morgan fingerprint density at radius 1 is 0.655 bits per heavy atom. The average molecular weight is 433 g/mol. The van der Waals surface area contributed by atoms with Crippen LogP contribution in [0.1, 0.15) is 129 Å². The zero-order valence-corrected chi connectivity index (χ0v) is 20.6. The van der Waals surface area contributed by atoms with Crippen LogP contribution in [-0.2, 0) is 15.5 Å². The van der Waals surface area contributed by atoms with E-state index in [1.807, 2.05) is 0 Å². The summed E-state index contributed by atoms with van der Waals surface area (Å²) in [5.74, 6) is 1.25. The second-order valence-electron chi connectivity index (χ2n) is 8.64. The molecule has 176 valence electrons. The summed E-state index contributed by atoms with van der Waals surface area (Å²) in [6, 6.07) is 0. The van der Waals surface area contributed by atoms with E-state index in [-0.39, 0.29) is 12.7 Å². The van der Waals surface area contributed by atoms with Gasteiger partial charge in [-0.05, 0) is 12.8 Å². The van der Waals surface area contributed by atoms with Crippen LogP contribution in [0.4, 0.5) is 0 Å². The minimum absolute atomic E-state index is 0.0130. The smallest absolute Gasteiger partial charge is 0.0920 e. The standard InChI is InChI=1S/C25H52O3S/c1-3-5-7-9-11-13-14-15-17-19-21-28-25(23-26)24-29(27)22-20-18-16-12-10-8-6-4-2/h25-26H,3-24H2,1-2H3. The van der Waals surface area contributed by atoms with Crippen LogP contribution in [0.15, 0.2) is 0 Å². The van der Waals surface area contributed by atoms with Crippen molar-refractivity contribution in [3.05, 3.63) is 0 Å². The van der Waals surface area contributed by atoms with Crippen LogP contribution in [-0.4, -0.2) is 40.1 Å². The van der Waals surface area contributed by atoms with E-state index < -0.39 is 10.8 Å². The fourth-order valence-corrected chi connectivity index (χ4v) is 4.99. The Balaban J connectivity index is 3.46. The van der Waals surface area contributed by atoms with Crippen molar-refractivity contribution in [2.24, 2.45) is 0 Å². The number of hydrogen-bond donors (Lipinski definition) is 1. The molecule has 0 fully saturated rings. The fourth-order valence-electron chi connectivity index (χ4n) is 3.68. The Kier molecular flexibility index (Phi) is 24.4. The maximum atomic E-state index is 12.2. The molecule has 0 aliphatic carbocycles. The molecule has 0 rings (SSSR count). The molecule has 0 radical (unpaired) electrons. The number of hydrogen-bond acceptors (Lipinski definition) is 3. The van der Waals surface area contributed by atoms with Gasteiger partial charge in [-0.3, -0.25) is 4.21 Å². The van der Waals surface area contributed by atoms with Crippen LogP contribution in [0.25, 0.3) is 0 Å². The van der Waals surface area contributed by atoms with Crippen molar-refractivity contribution in [1.29, 1.82) is 0 Å². The van der Waals surface area contributed by atoms with Crippen molar-refractivity contribution >= 4 is 10.8 Å². The van der Waals surface area contributed by atoms with Crippen molar-refractivity contribution in [1.82, 2.24) is 0 Å². The van der Waals surface area contributed by atoms with E-state index in [4.69, 9.17) is 4.74 Å². The average Bonchev–Trinajstić information content (AvgIpc) is 2.73. The molecule has 0 aromatic rings. The highest BCUT2D eigenvalue weighted by molar-refractivity contribution is 7.85. The van der Waals surface area contributed by atoms with E-state index in [2.05, 4.69) is 13.8 Å². The molecule has 0 heterocycles. The maximum absolute atomic E-state index is 12.2. The molecular weight excluding hydrogens is 380 g/mol. The lowest BCUT2D eigenvalue weighted by atomic mass is 10.1. The van der Waals surface area contributed by atoms with E-state index in [0.29, 0.717) is 12.4 Å². The number of aliphatic hydroxyl groups is 1. The predicted octanol–water partition coefficient (Wildman–Crippen LogP) is 7.17. The molecular formula is C25H52O3S. The summed E-state index contributed by atoms with van der Waals surface area (Å²) in [6.45, 7) is 5.19. The van der Waals surface area contributed by atoms with Gasteiger partial charge in [-0.15, -0.1) is 0 Å². The summed E-state index contributed by atoms with van der Waals surface area (Å²) in [4.78, 5) is 0. The normalized spacial score (nSPS) is 13.6. The second-order valence-corrected chi connectivity index (χ2v) is 10.3. The highest BCUT2D eigenvalue weighted by Crippen LogP contribution is 2.11. The first kappa shape index (κ1) is 29.1. The molecule has 0 aromatic carbocycles. The molecule has 0 saturated heterocycles. The Morgan fingerprint density at radius 3 is 1.52 bits per heavy atom. The van der Waals surface area contributed by atoms with Gasteiger partial charge in [-0.25, -0.2) is 0 Å². The van der Waals surface area contributed by atoms with Gasteiger partial charge in [0.15, 0.2) is 0 Å². The molecule has 0 aliphatic rings. The molecule has 29 heavy (non-hydrogen) atoms. The number of unbranched alkanes of at least 4 members (excludes halogenated alkanes) is 16. The van der Waals surface area contributed by atoms with Gasteiger partial charge in [0, 0.05) is 23.2 Å². The van der Waals surface area contributed by atoms with Crippen molar-refractivity contribution in [2.45, 2.75) is 136 Å². The maximum Gasteiger partial charge on any atom is 0.0920 e. The molecule has 0 aliphatic heterocycles. The summed E-state index contributed by atoms with van der Waals surface area (Å²) in [5, 5.41) is 9.49. The van der Waals surface area contributed by atoms with E-state index in [1.54, 1.807) is 0 Å². The molecule has 0 spiro atoms. The van der Waals surface area contributed by atoms with Gasteiger partial charge < -0.3 is 9.84 Å². The molecule has 2 unspecified atom stereocenters. The third-order valence-corrected chi connectivity index (χ3v) is 7.14. The summed E-state index contributed by atoms with van der Waals surface area (Å²) < 4.78 is 18.0. The van der Waals surface area contributed by atoms with E-state index in [9.17, 15) is 9.32 Å². The highest BCUT2D eigenvalue weighted by atomic mass is 32.2. The monoisotopic (exact) mass is 432 g/mol. The second kappa shape index (κ2) is 24.3. The summed E-state index contributed by atoms with van der Waals surface area (Å²) in [5.41, 5.74) is 0. The summed E-state index contributed by atoms with van der Waals surface area (Å²) in [7, 11) is -0.861. The van der Waals surface area contributed by atoms with Crippen LogP contribution < -0.4 is 0 Å². The lowest BCUT2D eigenvalue weighted by Crippen LogP contribution is -2.26. The lowest BCUT2D eigenvalue weighted by Gasteiger charge is -2.15. The Labute approximate surface area is 185 Å². The molecule has 3 nitrogen and oxygen atoms in total. The molecule has 0 saturated carbocycles. The summed E-state index contributed by atoms with van der Waals surface area (Å²) in [6.07, 6.45) is 23.0. The van der Waals surface area contributed by atoms with Crippen LogP contribution in [0.5, 0.6) is 0 Å². The quantitative estimate of drug-likeness (QED) is 0.164. The molecule has 1 N–H and O–H groups in total. The van der Waals surface area contributed by atoms with Crippen molar-refractivity contribution in [3.63, 3.8) is 0 Å². The Hall–Kier alpha value is 0.0700. The SMILES string of the molecule is CCCCCCCCCCCCOC(CO)CS(=O)CCCCCCCCCC. The third kappa shape index (κ3) is 22.6. The van der Waals surface area contributed by atoms with Crippen LogP contribution in [0.2, 0.25) is 0 Å². The first-order valence-corrected chi connectivity index (χ1v) is 14.3. The van der Waals surface area contributed by atoms with E-state index >= 15 is 0 Å². The zero-order chi connectivity index (χ0) is 21.4. The number of ether oxygens (including phenoxy) is 1. The van der Waals surface area contributed by atoms with Gasteiger partial charge in [-0.2, -0.15) is 0 Å².